The van der Waals surface area contributed by atoms with E-state index in [9.17, 15) is 15.3 Å². The lowest BCUT2D eigenvalue weighted by atomic mass is 9.91. The van der Waals surface area contributed by atoms with E-state index < -0.39 is 12.2 Å². The first-order chi connectivity index (χ1) is 15.5. The third kappa shape index (κ3) is 4.69. The molecule has 4 aromatic carbocycles. The molecular weight excluding hydrogens is 398 g/mol. The lowest BCUT2D eigenvalue weighted by Gasteiger charge is -2.28. The number of fused-ring (bicyclic) bond motifs is 2. The summed E-state index contributed by atoms with van der Waals surface area (Å²) in [6.07, 6.45) is -1.46. The van der Waals surface area contributed by atoms with Gasteiger partial charge in [0.15, 0.2) is 0 Å². The SMILES string of the molecule is C[C@@H]([C@H](O)CN(C)Cc1c2ccccc2cc2ccccc12)[C@@H](O)c1ccc(CO)cc1. The first-order valence-corrected chi connectivity index (χ1v) is 11.1. The van der Waals surface area contributed by atoms with Crippen molar-refractivity contribution in [2.24, 2.45) is 5.92 Å². The summed E-state index contributed by atoms with van der Waals surface area (Å²) in [6, 6.07) is 26.3. The standard InChI is InChI=1S/C28H31NO3/c1-19(28(32)21-13-11-20(18-30)12-14-21)27(31)17-29(2)16-26-24-9-5-3-7-22(24)15-23-8-4-6-10-25(23)26/h3-15,19,27-28,30-32H,16-18H2,1-2H3/t19-,27+,28+/m0/s1. The average Bonchev–Trinajstić information content (AvgIpc) is 2.83. The van der Waals surface area contributed by atoms with Gasteiger partial charge >= 0.3 is 0 Å². The number of nitrogens with zero attached hydrogens (tertiary/aromatic N) is 1. The third-order valence-electron chi connectivity index (χ3n) is 6.42. The molecule has 0 fully saturated rings. The molecule has 0 heterocycles. The van der Waals surface area contributed by atoms with Gasteiger partial charge in [0.05, 0.1) is 18.8 Å². The Labute approximate surface area is 189 Å². The van der Waals surface area contributed by atoms with Crippen LogP contribution in [0.1, 0.15) is 29.7 Å². The number of aliphatic hydroxyl groups excluding tert-OH is 3. The molecule has 4 heteroatoms. The zero-order valence-electron chi connectivity index (χ0n) is 18.6. The molecule has 0 spiro atoms. The molecule has 0 aliphatic heterocycles. The molecule has 0 radical (unpaired) electrons. The van der Waals surface area contributed by atoms with E-state index in [-0.39, 0.29) is 12.5 Å². The molecular formula is C28H31NO3. The molecule has 3 atom stereocenters. The van der Waals surface area contributed by atoms with Crippen molar-refractivity contribution in [1.82, 2.24) is 4.90 Å². The Balaban J connectivity index is 1.51. The minimum atomic E-state index is -0.774. The lowest BCUT2D eigenvalue weighted by molar-refractivity contribution is 0.00460. The van der Waals surface area contributed by atoms with Gasteiger partial charge in [-0.05, 0) is 51.3 Å². The Kier molecular flexibility index (Phi) is 6.87. The maximum Gasteiger partial charge on any atom is 0.0840 e. The molecule has 3 N–H and O–H groups in total. The van der Waals surface area contributed by atoms with Gasteiger partial charge in [0, 0.05) is 19.0 Å². The lowest BCUT2D eigenvalue weighted by Crippen LogP contribution is -2.35. The highest BCUT2D eigenvalue weighted by Crippen LogP contribution is 2.30. The van der Waals surface area contributed by atoms with Crippen LogP contribution in [-0.4, -0.2) is 39.9 Å². The van der Waals surface area contributed by atoms with Crippen LogP contribution in [0.5, 0.6) is 0 Å². The molecule has 0 amide bonds. The van der Waals surface area contributed by atoms with Crippen molar-refractivity contribution in [3.63, 3.8) is 0 Å². The second kappa shape index (κ2) is 9.80. The second-order valence-electron chi connectivity index (χ2n) is 8.77. The number of rotatable bonds is 8. The third-order valence-corrected chi connectivity index (χ3v) is 6.42. The van der Waals surface area contributed by atoms with E-state index >= 15 is 0 Å². The first-order valence-electron chi connectivity index (χ1n) is 11.1. The molecule has 0 bridgehead atoms. The molecule has 4 aromatic rings. The van der Waals surface area contributed by atoms with Gasteiger partial charge in [0.1, 0.15) is 0 Å². The van der Waals surface area contributed by atoms with Crippen LogP contribution in [0.15, 0.2) is 78.9 Å². The van der Waals surface area contributed by atoms with E-state index in [1.54, 1.807) is 12.1 Å². The Morgan fingerprint density at radius 1 is 0.812 bits per heavy atom. The smallest absolute Gasteiger partial charge is 0.0840 e. The largest absolute Gasteiger partial charge is 0.392 e. The van der Waals surface area contributed by atoms with E-state index in [1.165, 1.54) is 27.1 Å². The van der Waals surface area contributed by atoms with Crippen LogP contribution < -0.4 is 0 Å². The first kappa shape index (κ1) is 22.4. The summed E-state index contributed by atoms with van der Waals surface area (Å²) >= 11 is 0. The van der Waals surface area contributed by atoms with Crippen LogP contribution in [0.2, 0.25) is 0 Å². The van der Waals surface area contributed by atoms with Crippen molar-refractivity contribution < 1.29 is 15.3 Å². The summed E-state index contributed by atoms with van der Waals surface area (Å²) < 4.78 is 0. The van der Waals surface area contributed by atoms with Gasteiger partial charge in [0.2, 0.25) is 0 Å². The number of likely N-dealkylation sites (N-methyl/N-ethyl adjacent to an activating group) is 1. The van der Waals surface area contributed by atoms with Gasteiger partial charge in [-0.1, -0.05) is 79.7 Å². The minimum Gasteiger partial charge on any atom is -0.392 e. The molecule has 0 aliphatic rings. The average molecular weight is 430 g/mol. The van der Waals surface area contributed by atoms with Crippen LogP contribution in [-0.2, 0) is 13.2 Å². The molecule has 0 aromatic heterocycles. The molecule has 0 unspecified atom stereocenters. The maximum absolute atomic E-state index is 10.9. The number of hydrogen-bond donors (Lipinski definition) is 3. The topological polar surface area (TPSA) is 63.9 Å². The van der Waals surface area contributed by atoms with Crippen molar-refractivity contribution >= 4 is 21.5 Å². The maximum atomic E-state index is 10.9. The molecule has 0 saturated carbocycles. The summed E-state index contributed by atoms with van der Waals surface area (Å²) in [5, 5.41) is 35.7. The normalized spacial score (nSPS) is 14.7. The molecule has 0 saturated heterocycles. The van der Waals surface area contributed by atoms with Crippen LogP contribution in [0.3, 0.4) is 0 Å². The summed E-state index contributed by atoms with van der Waals surface area (Å²) in [7, 11) is 2.01. The van der Waals surface area contributed by atoms with Gasteiger partial charge in [-0.3, -0.25) is 4.90 Å². The Bertz CT molecular complexity index is 1130. The number of benzene rings is 4. The number of aliphatic hydroxyl groups is 3. The fourth-order valence-electron chi connectivity index (χ4n) is 4.43. The highest BCUT2D eigenvalue weighted by atomic mass is 16.3. The van der Waals surface area contributed by atoms with E-state index in [4.69, 9.17) is 0 Å². The van der Waals surface area contributed by atoms with Crippen molar-refractivity contribution in [2.75, 3.05) is 13.6 Å². The van der Waals surface area contributed by atoms with Gasteiger partial charge in [-0.15, -0.1) is 0 Å². The summed E-state index contributed by atoms with van der Waals surface area (Å²) in [5.74, 6) is -0.332. The van der Waals surface area contributed by atoms with E-state index in [0.29, 0.717) is 13.1 Å². The van der Waals surface area contributed by atoms with Crippen molar-refractivity contribution in [3.05, 3.63) is 95.6 Å². The van der Waals surface area contributed by atoms with Crippen LogP contribution >= 0.6 is 0 Å². The number of hydrogen-bond acceptors (Lipinski definition) is 4. The van der Waals surface area contributed by atoms with Crippen molar-refractivity contribution in [2.45, 2.75) is 32.3 Å². The molecule has 166 valence electrons. The molecule has 4 rings (SSSR count). The predicted molar refractivity (Wildman–Crippen MR) is 130 cm³/mol. The Hall–Kier alpha value is -2.76. The zero-order valence-corrected chi connectivity index (χ0v) is 18.6. The molecule has 4 nitrogen and oxygen atoms in total. The fraction of sp³-hybridized carbons (Fsp3) is 0.286. The van der Waals surface area contributed by atoms with Gasteiger partial charge < -0.3 is 15.3 Å². The van der Waals surface area contributed by atoms with Crippen molar-refractivity contribution in [1.29, 1.82) is 0 Å². The quantitative estimate of drug-likeness (QED) is 0.357. The van der Waals surface area contributed by atoms with Crippen LogP contribution in [0.25, 0.3) is 21.5 Å². The predicted octanol–water partition coefficient (Wildman–Crippen LogP) is 4.65. The summed E-state index contributed by atoms with van der Waals surface area (Å²) in [4.78, 5) is 2.12. The summed E-state index contributed by atoms with van der Waals surface area (Å²) in [6.45, 7) is 3.00. The van der Waals surface area contributed by atoms with Gasteiger partial charge in [-0.25, -0.2) is 0 Å². The highest BCUT2D eigenvalue weighted by Gasteiger charge is 2.25. The van der Waals surface area contributed by atoms with Crippen LogP contribution in [0, 0.1) is 5.92 Å². The Morgan fingerprint density at radius 2 is 1.38 bits per heavy atom. The minimum absolute atomic E-state index is 0.0256. The summed E-state index contributed by atoms with van der Waals surface area (Å²) in [5.41, 5.74) is 2.80. The van der Waals surface area contributed by atoms with E-state index in [0.717, 1.165) is 11.1 Å². The fourth-order valence-corrected chi connectivity index (χ4v) is 4.43. The Morgan fingerprint density at radius 3 is 1.94 bits per heavy atom. The molecule has 32 heavy (non-hydrogen) atoms. The van der Waals surface area contributed by atoms with Gasteiger partial charge in [0.25, 0.3) is 0 Å². The monoisotopic (exact) mass is 429 g/mol. The highest BCUT2D eigenvalue weighted by molar-refractivity contribution is 6.02. The second-order valence-corrected chi connectivity index (χ2v) is 8.77. The van der Waals surface area contributed by atoms with Gasteiger partial charge in [-0.2, -0.15) is 0 Å². The van der Waals surface area contributed by atoms with E-state index in [2.05, 4.69) is 59.5 Å². The van der Waals surface area contributed by atoms with E-state index in [1.807, 2.05) is 26.1 Å². The zero-order chi connectivity index (χ0) is 22.7. The van der Waals surface area contributed by atoms with Crippen LogP contribution in [0.4, 0.5) is 0 Å². The molecule has 0 aliphatic carbocycles. The van der Waals surface area contributed by atoms with Crippen molar-refractivity contribution in [3.8, 4) is 0 Å².